The van der Waals surface area contributed by atoms with Crippen LogP contribution >= 0.6 is 12.6 Å². The highest BCUT2D eigenvalue weighted by molar-refractivity contribution is 7.80. The van der Waals surface area contributed by atoms with E-state index in [1.807, 2.05) is 0 Å². The smallest absolute Gasteiger partial charge is 0.423 e. The van der Waals surface area contributed by atoms with E-state index < -0.39 is 7.12 Å². The quantitative estimate of drug-likeness (QED) is 0.478. The minimum atomic E-state index is -0.752. The first kappa shape index (κ1) is 15.9. The second-order valence-corrected chi connectivity index (χ2v) is 7.04. The van der Waals surface area contributed by atoms with E-state index in [0.717, 1.165) is 24.7 Å². The largest absolute Gasteiger partial charge is 0.491 e. The summed E-state index contributed by atoms with van der Waals surface area (Å²) in [6.07, 6.45) is 4.45. The predicted octanol–water partition coefficient (Wildman–Crippen LogP) is 3.45. The van der Waals surface area contributed by atoms with Crippen molar-refractivity contribution in [1.29, 1.82) is 0 Å². The zero-order chi connectivity index (χ0) is 14.7. The Bertz CT molecular complexity index is 448. The third-order valence-corrected chi connectivity index (χ3v) is 4.28. The van der Waals surface area contributed by atoms with Crippen molar-refractivity contribution in [1.82, 2.24) is 0 Å². The zero-order valence-corrected chi connectivity index (χ0v) is 13.6. The molecule has 2 rings (SSSR count). The van der Waals surface area contributed by atoms with Crippen LogP contribution in [0.3, 0.4) is 0 Å². The van der Waals surface area contributed by atoms with Crippen LogP contribution in [0, 0.1) is 0 Å². The normalized spacial score (nSPS) is 19.5. The van der Waals surface area contributed by atoms with E-state index in [2.05, 4.69) is 51.6 Å². The highest BCUT2D eigenvalue weighted by Crippen LogP contribution is 2.30. The molecule has 0 spiro atoms. The molecule has 2 nitrogen and oxygen atoms in total. The number of hydrogen-bond donors (Lipinski definition) is 2. The molecule has 0 radical (unpaired) electrons. The van der Waals surface area contributed by atoms with Crippen molar-refractivity contribution >= 4 is 25.2 Å². The Labute approximate surface area is 128 Å². The molecule has 0 amide bonds. The zero-order valence-electron chi connectivity index (χ0n) is 12.7. The van der Waals surface area contributed by atoms with Crippen LogP contribution in [0.25, 0.3) is 0 Å². The monoisotopic (exact) mass is 292 g/mol. The fourth-order valence-corrected chi connectivity index (χ4v) is 2.94. The predicted molar refractivity (Wildman–Crippen MR) is 88.9 cm³/mol. The molecule has 0 saturated carbocycles. The second kappa shape index (κ2) is 7.01. The van der Waals surface area contributed by atoms with Crippen molar-refractivity contribution in [2.75, 3.05) is 0 Å². The molecule has 2 unspecified atom stereocenters. The second-order valence-electron chi connectivity index (χ2n) is 6.15. The number of hydrogen-bond acceptors (Lipinski definition) is 3. The van der Waals surface area contributed by atoms with E-state index in [4.69, 9.17) is 4.65 Å². The maximum atomic E-state index is 10.1. The van der Waals surface area contributed by atoms with Crippen LogP contribution in [0.5, 0.6) is 0 Å². The van der Waals surface area contributed by atoms with E-state index in [1.165, 1.54) is 17.5 Å². The molecule has 0 aromatic heterocycles. The molecule has 0 saturated heterocycles. The van der Waals surface area contributed by atoms with Gasteiger partial charge in [0.05, 0.1) is 6.10 Å². The lowest BCUT2D eigenvalue weighted by molar-refractivity contribution is 0.177. The van der Waals surface area contributed by atoms with Crippen LogP contribution in [0.1, 0.15) is 69.6 Å². The van der Waals surface area contributed by atoms with Crippen LogP contribution in [0.15, 0.2) is 18.2 Å². The van der Waals surface area contributed by atoms with Gasteiger partial charge in [-0.3, -0.25) is 0 Å². The van der Waals surface area contributed by atoms with Gasteiger partial charge in [0.15, 0.2) is 0 Å². The third-order valence-electron chi connectivity index (χ3n) is 4.02. The Morgan fingerprint density at radius 3 is 2.70 bits per heavy atom. The lowest BCUT2D eigenvalue weighted by Crippen LogP contribution is -2.28. The number of thiol groups is 1. The van der Waals surface area contributed by atoms with Gasteiger partial charge in [0.2, 0.25) is 0 Å². The van der Waals surface area contributed by atoms with E-state index >= 15 is 0 Å². The summed E-state index contributed by atoms with van der Waals surface area (Å²) in [7, 11) is -0.752. The Hall–Kier alpha value is -0.445. The van der Waals surface area contributed by atoms with Crippen LogP contribution in [0.4, 0.5) is 0 Å². The lowest BCUT2D eigenvalue weighted by Gasteiger charge is -2.13. The first-order valence-electron chi connectivity index (χ1n) is 7.64. The van der Waals surface area contributed by atoms with Gasteiger partial charge in [0.1, 0.15) is 0 Å². The van der Waals surface area contributed by atoms with Gasteiger partial charge >= 0.3 is 7.12 Å². The standard InChI is InChI=1S/C16H25BO2S/c1-11(2)13-8-9-14-15(10-13)17(18)19-16(14)7-5-4-6-12(3)20/h8-12,16,18,20H,4-7H2,1-3H3. The topological polar surface area (TPSA) is 29.5 Å². The minimum absolute atomic E-state index is 0.0523. The molecule has 20 heavy (non-hydrogen) atoms. The number of benzene rings is 1. The van der Waals surface area contributed by atoms with Gasteiger partial charge in [-0.1, -0.05) is 51.8 Å². The summed E-state index contributed by atoms with van der Waals surface area (Å²) in [6, 6.07) is 6.39. The molecule has 4 heteroatoms. The van der Waals surface area contributed by atoms with Gasteiger partial charge in [-0.05, 0) is 40.6 Å². The van der Waals surface area contributed by atoms with Crippen molar-refractivity contribution in [2.45, 2.75) is 63.7 Å². The minimum Gasteiger partial charge on any atom is -0.423 e. The molecule has 2 atom stereocenters. The fraction of sp³-hybridized carbons (Fsp3) is 0.625. The first-order valence-corrected chi connectivity index (χ1v) is 8.16. The Balaban J connectivity index is 1.99. The van der Waals surface area contributed by atoms with Crippen molar-refractivity contribution < 1.29 is 9.68 Å². The van der Waals surface area contributed by atoms with Crippen molar-refractivity contribution in [3.63, 3.8) is 0 Å². The molecule has 1 N–H and O–H groups in total. The maximum Gasteiger partial charge on any atom is 0.491 e. The van der Waals surface area contributed by atoms with E-state index in [1.54, 1.807) is 0 Å². The summed E-state index contributed by atoms with van der Waals surface area (Å²) in [5, 5.41) is 10.5. The first-order chi connectivity index (χ1) is 9.49. The molecule has 0 fully saturated rings. The van der Waals surface area contributed by atoms with Gasteiger partial charge < -0.3 is 9.68 Å². The molecule has 1 heterocycles. The maximum absolute atomic E-state index is 10.1. The van der Waals surface area contributed by atoms with Crippen LogP contribution in [0.2, 0.25) is 0 Å². The molecule has 1 aliphatic heterocycles. The summed E-state index contributed by atoms with van der Waals surface area (Å²) in [6.45, 7) is 6.46. The third kappa shape index (κ3) is 3.81. The highest BCUT2D eigenvalue weighted by atomic mass is 32.1. The van der Waals surface area contributed by atoms with Crippen LogP contribution in [-0.4, -0.2) is 17.4 Å². The summed E-state index contributed by atoms with van der Waals surface area (Å²) in [5.41, 5.74) is 3.39. The molecule has 1 aromatic rings. The summed E-state index contributed by atoms with van der Waals surface area (Å²) >= 11 is 4.40. The Kier molecular flexibility index (Phi) is 5.59. The molecule has 1 aromatic carbocycles. The molecule has 0 bridgehead atoms. The molecule has 0 aliphatic carbocycles. The SMILES string of the molecule is CC(S)CCCCC1OB(O)c2cc(C(C)C)ccc21. The number of rotatable bonds is 6. The van der Waals surface area contributed by atoms with Gasteiger partial charge in [-0.25, -0.2) is 0 Å². The van der Waals surface area contributed by atoms with E-state index in [-0.39, 0.29) is 6.10 Å². The molecular formula is C16H25BO2S. The van der Waals surface area contributed by atoms with Gasteiger partial charge in [-0.15, -0.1) is 0 Å². The molecule has 110 valence electrons. The van der Waals surface area contributed by atoms with E-state index in [0.29, 0.717) is 11.2 Å². The Morgan fingerprint density at radius 2 is 2.05 bits per heavy atom. The lowest BCUT2D eigenvalue weighted by atomic mass is 9.77. The van der Waals surface area contributed by atoms with Crippen molar-refractivity contribution in [3.8, 4) is 0 Å². The number of unbranched alkanes of at least 4 members (excludes halogenated alkanes) is 1. The molecular weight excluding hydrogens is 267 g/mol. The van der Waals surface area contributed by atoms with Gasteiger partial charge in [-0.2, -0.15) is 12.6 Å². The summed E-state index contributed by atoms with van der Waals surface area (Å²) in [4.78, 5) is 0. The van der Waals surface area contributed by atoms with Gasteiger partial charge in [0.25, 0.3) is 0 Å². The summed E-state index contributed by atoms with van der Waals surface area (Å²) < 4.78 is 5.71. The molecule has 1 aliphatic rings. The van der Waals surface area contributed by atoms with Crippen LogP contribution < -0.4 is 5.46 Å². The number of fused-ring (bicyclic) bond motifs is 1. The summed E-state index contributed by atoms with van der Waals surface area (Å²) in [5.74, 6) is 0.475. The average Bonchev–Trinajstić information content (AvgIpc) is 2.71. The fourth-order valence-electron chi connectivity index (χ4n) is 2.75. The van der Waals surface area contributed by atoms with E-state index in [9.17, 15) is 5.02 Å². The van der Waals surface area contributed by atoms with Crippen LogP contribution in [-0.2, 0) is 4.65 Å². The van der Waals surface area contributed by atoms with Crippen molar-refractivity contribution in [2.24, 2.45) is 0 Å². The van der Waals surface area contributed by atoms with Crippen molar-refractivity contribution in [3.05, 3.63) is 29.3 Å². The Morgan fingerprint density at radius 1 is 1.30 bits per heavy atom. The van der Waals surface area contributed by atoms with Gasteiger partial charge in [0, 0.05) is 0 Å². The highest BCUT2D eigenvalue weighted by Gasteiger charge is 2.34. The average molecular weight is 292 g/mol.